The van der Waals surface area contributed by atoms with Gasteiger partial charge >= 0.3 is 0 Å². The second kappa shape index (κ2) is 42.7. The van der Waals surface area contributed by atoms with Gasteiger partial charge in [-0.3, -0.25) is 0 Å². The number of phenolic OH excluding ortho intramolecular Hbond substituents is 3. The van der Waals surface area contributed by atoms with Crippen molar-refractivity contribution in [3.63, 3.8) is 0 Å². The molecule has 0 heterocycles. The van der Waals surface area contributed by atoms with Gasteiger partial charge in [-0.2, -0.15) is 0 Å². The second-order valence-electron chi connectivity index (χ2n) is 31.8. The molecule has 18 nitrogen and oxygen atoms in total. The molecule has 6 saturated carbocycles. The molecule has 0 bridgehead atoms. The molecule has 18 heteroatoms. The highest BCUT2D eigenvalue weighted by atomic mass is 16.5. The normalized spacial score (nSPS) is 28.4. The van der Waals surface area contributed by atoms with Gasteiger partial charge in [0.2, 0.25) is 0 Å². The third-order valence-electron chi connectivity index (χ3n) is 23.9. The molecular weight excluding hydrogens is 1350 g/mol. The van der Waals surface area contributed by atoms with E-state index in [1.165, 1.54) is 38.5 Å². The first-order valence-corrected chi connectivity index (χ1v) is 39.9. The predicted octanol–water partition coefficient (Wildman–Crippen LogP) is 13.5. The fourth-order valence-corrected chi connectivity index (χ4v) is 18.1. The van der Waals surface area contributed by atoms with Crippen LogP contribution in [0.3, 0.4) is 0 Å². The Morgan fingerprint density at radius 3 is 0.692 bits per heavy atom. The Labute approximate surface area is 641 Å². The van der Waals surface area contributed by atoms with Crippen molar-refractivity contribution < 1.29 is 60.2 Å². The van der Waals surface area contributed by atoms with Crippen molar-refractivity contribution in [3.8, 4) is 34.5 Å². The van der Waals surface area contributed by atoms with Crippen LogP contribution in [0.15, 0.2) is 146 Å². The third-order valence-corrected chi connectivity index (χ3v) is 23.9. The van der Waals surface area contributed by atoms with E-state index in [4.69, 9.17) is 14.2 Å². The molecule has 0 amide bonds. The highest BCUT2D eigenvalue weighted by molar-refractivity contribution is 5.38. The highest BCUT2D eigenvalue weighted by Gasteiger charge is 2.46. The summed E-state index contributed by atoms with van der Waals surface area (Å²) in [5.74, 6) is 4.68. The number of aliphatic hydroxyl groups is 6. The smallest absolute Gasteiger partial charge is 0.119 e. The number of hydrogen-bond acceptors (Lipinski definition) is 18. The Hall–Kier alpha value is -6.36. The van der Waals surface area contributed by atoms with E-state index in [-0.39, 0.29) is 46.8 Å². The average molecular weight is 1480 g/mol. The van der Waals surface area contributed by atoms with Crippen LogP contribution >= 0.6 is 0 Å². The van der Waals surface area contributed by atoms with Crippen LogP contribution in [0.4, 0.5) is 0 Å². The summed E-state index contributed by atoms with van der Waals surface area (Å²) in [4.78, 5) is 4.30. The number of nitrogens with one attached hydrogen (secondary N) is 4. The maximum atomic E-state index is 11.2. The van der Waals surface area contributed by atoms with Crippen molar-refractivity contribution in [3.05, 3.63) is 179 Å². The van der Waals surface area contributed by atoms with Gasteiger partial charge in [0.05, 0.1) is 54.9 Å². The van der Waals surface area contributed by atoms with Gasteiger partial charge in [0.15, 0.2) is 0 Å². The zero-order valence-corrected chi connectivity index (χ0v) is 66.7. The topological polar surface area (TPSA) is 264 Å². The van der Waals surface area contributed by atoms with Crippen molar-refractivity contribution in [2.45, 2.75) is 188 Å². The number of ether oxygens (including phenoxy) is 3. The lowest BCUT2D eigenvalue weighted by atomic mass is 9.71. The van der Waals surface area contributed by atoms with Gasteiger partial charge in [-0.25, -0.2) is 0 Å². The Morgan fingerprint density at radius 1 is 0.299 bits per heavy atom. The van der Waals surface area contributed by atoms with Crippen molar-refractivity contribution in [1.82, 2.24) is 31.1 Å². The standard InChI is InChI=1S/C16H25NO2.3C15H23NO2.2C14H21NO2/c1-17(2)12-14-7-4-5-10-16(14,18)13-8-6-9-15(11-13)19-3;2*1-16-11-13-6-3-4-9-15(13,17)12-7-5-8-14(10-12)18-2;1-16(2)11-13-6-3-4-9-15(13,18)12-7-5-8-14(17)10-12;2*1-15-10-12-5-2-3-8-14(12,17)11-6-4-7-13(16)9-11/h6,8-9,11,14,18H,4-5,7,10,12H2,1-3H3;2*5,7-8,10,13,16-17H,3-4,6,9,11H2,1-2H3;5,7-8,10,13,17-18H,3-4,6,9,11H2,1-2H3;2*4,6-7,9,12,15-17H,2-3,5,8,10H2,1H3. The lowest BCUT2D eigenvalue weighted by Crippen LogP contribution is -2.43. The summed E-state index contributed by atoms with van der Waals surface area (Å²) >= 11 is 0. The summed E-state index contributed by atoms with van der Waals surface area (Å²) in [5.41, 5.74) is 1.01. The summed E-state index contributed by atoms with van der Waals surface area (Å²) in [6, 6.07) is 44.8. The van der Waals surface area contributed by atoms with Crippen LogP contribution in [0.25, 0.3) is 0 Å². The van der Waals surface area contributed by atoms with Gasteiger partial charge in [0.1, 0.15) is 34.5 Å². The van der Waals surface area contributed by atoms with Crippen LogP contribution in [0.5, 0.6) is 34.5 Å². The fraction of sp³-hybridized carbons (Fsp3) is 0.596. The molecule has 13 N–H and O–H groups in total. The molecule has 12 atom stereocenters. The molecule has 6 aromatic rings. The Bertz CT molecular complexity index is 3390. The molecule has 6 aromatic carbocycles. The third kappa shape index (κ3) is 23.8. The van der Waals surface area contributed by atoms with Crippen molar-refractivity contribution in [1.29, 1.82) is 0 Å². The first kappa shape index (κ1) is 87.9. The summed E-state index contributed by atoms with van der Waals surface area (Å²) in [7, 11) is 20.9. The van der Waals surface area contributed by atoms with E-state index in [2.05, 4.69) is 45.2 Å². The van der Waals surface area contributed by atoms with Gasteiger partial charge < -0.3 is 91.2 Å². The minimum atomic E-state index is -0.792. The monoisotopic (exact) mass is 1480 g/mol. The van der Waals surface area contributed by atoms with E-state index in [1.807, 2.05) is 139 Å². The SMILES string of the molecule is CN(C)CC1CCCCC1(O)c1cccc(O)c1.CNCC1CCCCC1(O)c1cccc(O)c1.CNCC1CCCCC1(O)c1cccc(O)c1.CNCC1CCCCC1(O)c1cccc(OC)c1.CNCC1CCCCC1(O)c1cccc(OC)c1.COc1cccc(C2(O)CCCCC2CN(C)C)c1. The van der Waals surface area contributed by atoms with Crippen LogP contribution in [-0.4, -0.2) is 173 Å². The lowest BCUT2D eigenvalue weighted by Gasteiger charge is -2.41. The number of phenols is 3. The van der Waals surface area contributed by atoms with E-state index >= 15 is 0 Å². The van der Waals surface area contributed by atoms with E-state index in [1.54, 1.807) is 69.9 Å². The Kier molecular flexibility index (Phi) is 35.1. The maximum Gasteiger partial charge on any atom is 0.119 e. The summed E-state index contributed by atoms with van der Waals surface area (Å²) in [6.45, 7) is 5.14. The molecule has 594 valence electrons. The Balaban J connectivity index is 0.000000179. The average Bonchev–Trinajstić information content (AvgIpc) is 0.792. The first-order valence-electron chi connectivity index (χ1n) is 39.9. The molecule has 6 aliphatic carbocycles. The van der Waals surface area contributed by atoms with Gasteiger partial charge in [0.25, 0.3) is 0 Å². The number of aromatic hydroxyl groups is 3. The first-order chi connectivity index (χ1) is 51.3. The molecule has 0 radical (unpaired) electrons. The van der Waals surface area contributed by atoms with Crippen LogP contribution < -0.4 is 35.5 Å². The predicted molar refractivity (Wildman–Crippen MR) is 431 cm³/mol. The van der Waals surface area contributed by atoms with E-state index in [9.17, 15) is 46.0 Å². The lowest BCUT2D eigenvalue weighted by molar-refractivity contribution is -0.0621. The number of methoxy groups -OCH3 is 3. The largest absolute Gasteiger partial charge is 0.508 e. The van der Waals surface area contributed by atoms with Crippen LogP contribution in [0, 0.1) is 35.5 Å². The minimum absolute atomic E-state index is 0.225. The van der Waals surface area contributed by atoms with Gasteiger partial charge in [-0.05, 0) is 240 Å². The Morgan fingerprint density at radius 2 is 0.495 bits per heavy atom. The number of hydrogen-bond donors (Lipinski definition) is 13. The molecular formula is C89H136N6O12. The molecule has 107 heavy (non-hydrogen) atoms. The molecule has 6 aliphatic rings. The van der Waals surface area contributed by atoms with Gasteiger partial charge in [-0.1, -0.05) is 150 Å². The molecule has 0 aliphatic heterocycles. The molecule has 0 spiro atoms. The zero-order chi connectivity index (χ0) is 77.7. The van der Waals surface area contributed by atoms with Gasteiger partial charge in [0, 0.05) is 74.8 Å². The fourth-order valence-electron chi connectivity index (χ4n) is 18.1. The van der Waals surface area contributed by atoms with Crippen LogP contribution in [0.1, 0.15) is 187 Å². The molecule has 0 aromatic heterocycles. The summed E-state index contributed by atoms with van der Waals surface area (Å²) in [6.07, 6.45) is 24.8. The van der Waals surface area contributed by atoms with Crippen LogP contribution in [-0.2, 0) is 33.6 Å². The summed E-state index contributed by atoms with van der Waals surface area (Å²) in [5, 5.41) is 108. The molecule has 0 saturated heterocycles. The van der Waals surface area contributed by atoms with E-state index in [0.29, 0.717) is 5.92 Å². The van der Waals surface area contributed by atoms with Crippen molar-refractivity contribution in [2.24, 2.45) is 35.5 Å². The number of nitrogens with zero attached hydrogens (tertiary/aromatic N) is 2. The molecule has 12 rings (SSSR count). The van der Waals surface area contributed by atoms with E-state index < -0.39 is 33.6 Å². The second-order valence-corrected chi connectivity index (χ2v) is 31.8. The molecule has 12 unspecified atom stereocenters. The number of rotatable bonds is 21. The number of benzene rings is 6. The summed E-state index contributed by atoms with van der Waals surface area (Å²) < 4.78 is 15.8. The van der Waals surface area contributed by atoms with Crippen molar-refractivity contribution >= 4 is 0 Å². The van der Waals surface area contributed by atoms with E-state index in [0.717, 1.165) is 205 Å². The minimum Gasteiger partial charge on any atom is -0.508 e. The quantitative estimate of drug-likeness (QED) is 0.0319. The molecule has 6 fully saturated rings. The maximum absolute atomic E-state index is 11.2. The van der Waals surface area contributed by atoms with Crippen LogP contribution in [0.2, 0.25) is 0 Å². The zero-order valence-electron chi connectivity index (χ0n) is 66.7. The van der Waals surface area contributed by atoms with Gasteiger partial charge in [-0.15, -0.1) is 0 Å². The van der Waals surface area contributed by atoms with Crippen molar-refractivity contribution in [2.75, 3.05) is 117 Å². The highest BCUT2D eigenvalue weighted by Crippen LogP contribution is 2.48.